The number of aliphatic hydroxyl groups is 1. The van der Waals surface area contributed by atoms with Crippen LogP contribution in [0.2, 0.25) is 0 Å². The molecule has 0 radical (unpaired) electrons. The van der Waals surface area contributed by atoms with Crippen LogP contribution in [0.4, 0.5) is 4.39 Å². The summed E-state index contributed by atoms with van der Waals surface area (Å²) in [6, 6.07) is 4.50. The fourth-order valence-electron chi connectivity index (χ4n) is 1.35. The number of hydrogen-bond acceptors (Lipinski definition) is 3. The third-order valence-electron chi connectivity index (χ3n) is 2.15. The minimum absolute atomic E-state index is 0.206. The molecule has 2 rings (SSSR count). The highest BCUT2D eigenvalue weighted by Gasteiger charge is 2.15. The van der Waals surface area contributed by atoms with Gasteiger partial charge in [-0.2, -0.15) is 0 Å². The van der Waals surface area contributed by atoms with Crippen LogP contribution in [0, 0.1) is 5.82 Å². The lowest BCUT2D eigenvalue weighted by Gasteiger charge is -2.11. The van der Waals surface area contributed by atoms with Gasteiger partial charge in [-0.05, 0) is 12.1 Å². The third kappa shape index (κ3) is 2.25. The molecule has 16 heavy (non-hydrogen) atoms. The minimum atomic E-state index is -1.05. The lowest BCUT2D eigenvalue weighted by Crippen LogP contribution is -2.03. The average Bonchev–Trinajstić information content (AvgIpc) is 2.29. The van der Waals surface area contributed by atoms with Crippen molar-refractivity contribution in [2.75, 3.05) is 0 Å². The van der Waals surface area contributed by atoms with Crippen LogP contribution in [0.1, 0.15) is 17.2 Å². The summed E-state index contributed by atoms with van der Waals surface area (Å²) in [5.41, 5.74) is 0.668. The number of hydrogen-bond donors (Lipinski definition) is 1. The number of halogens is 2. The fraction of sp³-hybridized carbons (Fsp3) is 0.0909. The maximum atomic E-state index is 13.6. The molecule has 0 saturated carbocycles. The first-order valence-corrected chi connectivity index (χ1v) is 5.35. The van der Waals surface area contributed by atoms with Gasteiger partial charge in [-0.3, -0.25) is 0 Å². The van der Waals surface area contributed by atoms with Gasteiger partial charge in [-0.15, -0.1) is 0 Å². The van der Waals surface area contributed by atoms with Crippen molar-refractivity contribution in [2.24, 2.45) is 0 Å². The van der Waals surface area contributed by atoms with Gasteiger partial charge in [-0.1, -0.05) is 22.0 Å². The number of aromatic nitrogens is 2. The van der Waals surface area contributed by atoms with E-state index in [4.69, 9.17) is 0 Å². The zero-order chi connectivity index (χ0) is 11.5. The fourth-order valence-corrected chi connectivity index (χ4v) is 1.69. The smallest absolute Gasteiger partial charge is 0.130 e. The molecule has 1 unspecified atom stereocenters. The van der Waals surface area contributed by atoms with Crippen molar-refractivity contribution in [3.8, 4) is 0 Å². The molecular weight excluding hydrogens is 275 g/mol. The van der Waals surface area contributed by atoms with Gasteiger partial charge in [0, 0.05) is 28.0 Å². The van der Waals surface area contributed by atoms with Crippen LogP contribution in [0.25, 0.3) is 0 Å². The summed E-state index contributed by atoms with van der Waals surface area (Å²) in [6.07, 6.45) is 3.22. The van der Waals surface area contributed by atoms with Crippen molar-refractivity contribution < 1.29 is 9.50 Å². The standard InChI is InChI=1S/C11H8BrFN2O/c12-8-1-2-9(10(13)3-8)11(16)7-4-14-6-15-5-7/h1-6,11,16H. The van der Waals surface area contributed by atoms with Gasteiger partial charge in [0.15, 0.2) is 0 Å². The Bertz CT molecular complexity index is 493. The Hall–Kier alpha value is -1.33. The van der Waals surface area contributed by atoms with Crippen LogP contribution in [-0.2, 0) is 0 Å². The van der Waals surface area contributed by atoms with Crippen LogP contribution in [0.5, 0.6) is 0 Å². The molecule has 0 aliphatic rings. The number of nitrogens with zero attached hydrogens (tertiary/aromatic N) is 2. The second-order valence-corrected chi connectivity index (χ2v) is 4.16. The molecule has 3 nitrogen and oxygen atoms in total. The van der Waals surface area contributed by atoms with Crippen LogP contribution >= 0.6 is 15.9 Å². The van der Waals surface area contributed by atoms with E-state index < -0.39 is 11.9 Å². The summed E-state index contributed by atoms with van der Waals surface area (Å²) in [6.45, 7) is 0. The maximum Gasteiger partial charge on any atom is 0.130 e. The molecule has 0 aliphatic heterocycles. The highest BCUT2D eigenvalue weighted by Crippen LogP contribution is 2.25. The third-order valence-corrected chi connectivity index (χ3v) is 2.65. The van der Waals surface area contributed by atoms with E-state index in [9.17, 15) is 9.50 Å². The van der Waals surface area contributed by atoms with E-state index in [0.717, 1.165) is 0 Å². The van der Waals surface area contributed by atoms with Gasteiger partial charge in [-0.25, -0.2) is 14.4 Å². The second kappa shape index (κ2) is 4.67. The first kappa shape index (κ1) is 11.2. The van der Waals surface area contributed by atoms with E-state index in [1.807, 2.05) is 0 Å². The van der Waals surface area contributed by atoms with E-state index in [1.54, 1.807) is 6.07 Å². The normalized spacial score (nSPS) is 12.4. The molecule has 82 valence electrons. The van der Waals surface area contributed by atoms with Gasteiger partial charge in [0.1, 0.15) is 18.2 Å². The molecule has 1 heterocycles. The van der Waals surface area contributed by atoms with Crippen molar-refractivity contribution in [3.05, 3.63) is 58.3 Å². The van der Waals surface area contributed by atoms with Gasteiger partial charge >= 0.3 is 0 Å². The Labute approximate surface area is 100 Å². The van der Waals surface area contributed by atoms with Crippen molar-refractivity contribution in [2.45, 2.75) is 6.10 Å². The molecule has 1 N–H and O–H groups in total. The Balaban J connectivity index is 2.38. The maximum absolute atomic E-state index is 13.6. The predicted octanol–water partition coefficient (Wildman–Crippen LogP) is 2.46. The molecule has 0 fully saturated rings. The molecule has 2 aromatic rings. The Morgan fingerprint density at radius 1 is 1.25 bits per heavy atom. The molecule has 0 saturated heterocycles. The number of benzene rings is 1. The average molecular weight is 283 g/mol. The summed E-state index contributed by atoms with van der Waals surface area (Å²) < 4.78 is 14.2. The largest absolute Gasteiger partial charge is 0.383 e. The van der Waals surface area contributed by atoms with E-state index in [-0.39, 0.29) is 5.56 Å². The lowest BCUT2D eigenvalue weighted by atomic mass is 10.0. The molecule has 0 spiro atoms. The summed E-state index contributed by atoms with van der Waals surface area (Å²) in [5.74, 6) is -0.467. The molecule has 0 amide bonds. The molecule has 1 aromatic carbocycles. The van der Waals surface area contributed by atoms with E-state index in [0.29, 0.717) is 10.0 Å². The summed E-state index contributed by atoms with van der Waals surface area (Å²) in [5, 5.41) is 9.93. The van der Waals surface area contributed by atoms with E-state index in [1.165, 1.54) is 30.9 Å². The molecule has 1 atom stereocenters. The predicted molar refractivity (Wildman–Crippen MR) is 60.2 cm³/mol. The molecule has 5 heteroatoms. The minimum Gasteiger partial charge on any atom is -0.383 e. The zero-order valence-electron chi connectivity index (χ0n) is 8.14. The summed E-state index contributed by atoms with van der Waals surface area (Å²) >= 11 is 3.16. The zero-order valence-corrected chi connectivity index (χ0v) is 9.73. The van der Waals surface area contributed by atoms with Gasteiger partial charge in [0.2, 0.25) is 0 Å². The second-order valence-electron chi connectivity index (χ2n) is 3.24. The van der Waals surface area contributed by atoms with Crippen molar-refractivity contribution in [1.29, 1.82) is 0 Å². The Morgan fingerprint density at radius 2 is 1.94 bits per heavy atom. The van der Waals surface area contributed by atoms with Crippen molar-refractivity contribution in [1.82, 2.24) is 9.97 Å². The topological polar surface area (TPSA) is 46.0 Å². The Kier molecular flexibility index (Phi) is 3.26. The summed E-state index contributed by atoms with van der Waals surface area (Å²) in [7, 11) is 0. The molecular formula is C11H8BrFN2O. The molecule has 0 bridgehead atoms. The molecule has 0 aliphatic carbocycles. The van der Waals surface area contributed by atoms with Crippen LogP contribution in [0.15, 0.2) is 41.4 Å². The summed E-state index contributed by atoms with van der Waals surface area (Å²) in [4.78, 5) is 7.55. The number of rotatable bonds is 2. The first-order chi connectivity index (χ1) is 7.68. The lowest BCUT2D eigenvalue weighted by molar-refractivity contribution is 0.214. The molecule has 1 aromatic heterocycles. The monoisotopic (exact) mass is 282 g/mol. The quantitative estimate of drug-likeness (QED) is 0.920. The highest BCUT2D eigenvalue weighted by molar-refractivity contribution is 9.10. The number of aliphatic hydroxyl groups excluding tert-OH is 1. The van der Waals surface area contributed by atoms with Crippen molar-refractivity contribution in [3.63, 3.8) is 0 Å². The van der Waals surface area contributed by atoms with Gasteiger partial charge in [0.05, 0.1) is 0 Å². The highest BCUT2D eigenvalue weighted by atomic mass is 79.9. The van der Waals surface area contributed by atoms with Gasteiger partial charge < -0.3 is 5.11 Å². The van der Waals surface area contributed by atoms with Crippen LogP contribution in [0.3, 0.4) is 0 Å². The van der Waals surface area contributed by atoms with Crippen LogP contribution < -0.4 is 0 Å². The SMILES string of the molecule is OC(c1cncnc1)c1ccc(Br)cc1F. The van der Waals surface area contributed by atoms with Crippen molar-refractivity contribution >= 4 is 15.9 Å². The Morgan fingerprint density at radius 3 is 2.56 bits per heavy atom. The van der Waals surface area contributed by atoms with E-state index >= 15 is 0 Å². The van der Waals surface area contributed by atoms with Crippen LogP contribution in [-0.4, -0.2) is 15.1 Å². The van der Waals surface area contributed by atoms with Gasteiger partial charge in [0.25, 0.3) is 0 Å². The van der Waals surface area contributed by atoms with E-state index in [2.05, 4.69) is 25.9 Å². The first-order valence-electron chi connectivity index (χ1n) is 4.56.